The number of rotatable bonds is 2. The molecule has 0 bridgehead atoms. The summed E-state index contributed by atoms with van der Waals surface area (Å²) in [6.45, 7) is 2.68. The van der Waals surface area contributed by atoms with Gasteiger partial charge in [0.2, 0.25) is 0 Å². The van der Waals surface area contributed by atoms with E-state index in [9.17, 15) is 4.39 Å². The second-order valence-electron chi connectivity index (χ2n) is 4.78. The van der Waals surface area contributed by atoms with Gasteiger partial charge in [-0.3, -0.25) is 0 Å². The van der Waals surface area contributed by atoms with Crippen LogP contribution in [0.4, 0.5) is 10.1 Å². The van der Waals surface area contributed by atoms with Crippen LogP contribution in [0.15, 0.2) is 24.3 Å². The van der Waals surface area contributed by atoms with Crippen molar-refractivity contribution in [2.75, 3.05) is 31.6 Å². The first-order chi connectivity index (χ1) is 8.70. The van der Waals surface area contributed by atoms with E-state index < -0.39 is 0 Å². The van der Waals surface area contributed by atoms with Crippen LogP contribution in [-0.2, 0) is 0 Å². The van der Waals surface area contributed by atoms with Crippen molar-refractivity contribution in [1.29, 1.82) is 5.26 Å². The van der Waals surface area contributed by atoms with E-state index in [2.05, 4.69) is 22.9 Å². The third kappa shape index (κ3) is 2.99. The van der Waals surface area contributed by atoms with Gasteiger partial charge in [-0.05, 0) is 38.2 Å². The number of nitrogens with zero attached hydrogens (tertiary/aromatic N) is 3. The molecular weight excluding hydrogens is 229 g/mol. The number of nitriles is 1. The average molecular weight is 247 g/mol. The minimum atomic E-state index is -0.207. The predicted octanol–water partition coefficient (Wildman–Crippen LogP) is 2.25. The summed E-state index contributed by atoms with van der Waals surface area (Å²) in [6, 6.07) is 9.15. The Balaban J connectivity index is 2.15. The van der Waals surface area contributed by atoms with Crippen LogP contribution in [0, 0.1) is 17.1 Å². The smallest absolute Gasteiger partial charge is 0.125 e. The minimum absolute atomic E-state index is 0.207. The lowest BCUT2D eigenvalue weighted by molar-refractivity contribution is 0.264. The van der Waals surface area contributed by atoms with Crippen LogP contribution >= 0.6 is 0 Å². The van der Waals surface area contributed by atoms with E-state index in [1.807, 2.05) is 6.07 Å². The van der Waals surface area contributed by atoms with Gasteiger partial charge in [-0.1, -0.05) is 6.07 Å². The van der Waals surface area contributed by atoms with Crippen molar-refractivity contribution in [3.05, 3.63) is 30.1 Å². The maximum Gasteiger partial charge on any atom is 0.125 e. The number of anilines is 1. The molecule has 0 aliphatic carbocycles. The van der Waals surface area contributed by atoms with Crippen LogP contribution < -0.4 is 4.90 Å². The Morgan fingerprint density at radius 2 is 2.28 bits per heavy atom. The molecule has 1 aromatic carbocycles. The van der Waals surface area contributed by atoms with Crippen LogP contribution in [0.5, 0.6) is 0 Å². The minimum Gasteiger partial charge on any atom is -0.370 e. The lowest BCUT2D eigenvalue weighted by Gasteiger charge is -2.28. The third-order valence-corrected chi connectivity index (χ3v) is 3.49. The second kappa shape index (κ2) is 5.83. The van der Waals surface area contributed by atoms with Gasteiger partial charge in [0.1, 0.15) is 5.82 Å². The fraction of sp³-hybridized carbons (Fsp3) is 0.500. The highest BCUT2D eigenvalue weighted by atomic mass is 19.1. The molecule has 1 unspecified atom stereocenters. The summed E-state index contributed by atoms with van der Waals surface area (Å²) in [4.78, 5) is 4.40. The van der Waals surface area contributed by atoms with Gasteiger partial charge in [0.05, 0.1) is 12.5 Å². The standard InChI is InChI=1S/C14H18FN3/c1-17-8-3-9-18(11-14(17)6-7-16)13-5-2-4-12(15)10-13/h2,4-5,10,14H,3,6,8-9,11H2,1H3. The average Bonchev–Trinajstić information content (AvgIpc) is 2.53. The summed E-state index contributed by atoms with van der Waals surface area (Å²) in [5, 5.41) is 8.87. The molecule has 0 saturated carbocycles. The summed E-state index contributed by atoms with van der Waals surface area (Å²) in [5.74, 6) is -0.207. The first kappa shape index (κ1) is 12.8. The zero-order valence-electron chi connectivity index (χ0n) is 10.6. The van der Waals surface area contributed by atoms with Gasteiger partial charge in [0.25, 0.3) is 0 Å². The van der Waals surface area contributed by atoms with E-state index in [1.165, 1.54) is 6.07 Å². The van der Waals surface area contributed by atoms with Gasteiger partial charge in [-0.15, -0.1) is 0 Å². The van der Waals surface area contributed by atoms with Gasteiger partial charge >= 0.3 is 0 Å². The molecular formula is C14H18FN3. The summed E-state index contributed by atoms with van der Waals surface area (Å²) in [5.41, 5.74) is 0.910. The summed E-state index contributed by atoms with van der Waals surface area (Å²) < 4.78 is 13.3. The Morgan fingerprint density at radius 1 is 1.44 bits per heavy atom. The molecule has 96 valence electrons. The molecule has 1 atom stereocenters. The molecule has 4 heteroatoms. The maximum atomic E-state index is 13.3. The predicted molar refractivity (Wildman–Crippen MR) is 69.9 cm³/mol. The Bertz CT molecular complexity index is 441. The highest BCUT2D eigenvalue weighted by Crippen LogP contribution is 2.20. The van der Waals surface area contributed by atoms with Crippen molar-refractivity contribution >= 4 is 5.69 Å². The maximum absolute atomic E-state index is 13.3. The van der Waals surface area contributed by atoms with Crippen LogP contribution in [0.2, 0.25) is 0 Å². The lowest BCUT2D eigenvalue weighted by atomic mass is 10.2. The van der Waals surface area contributed by atoms with Crippen LogP contribution in [0.3, 0.4) is 0 Å². The monoisotopic (exact) mass is 247 g/mol. The van der Waals surface area contributed by atoms with Crippen LogP contribution in [0.1, 0.15) is 12.8 Å². The Kier molecular flexibility index (Phi) is 4.16. The molecule has 0 amide bonds. The number of benzene rings is 1. The molecule has 0 N–H and O–H groups in total. The Hall–Kier alpha value is -1.60. The molecule has 1 fully saturated rings. The molecule has 0 radical (unpaired) electrons. The van der Waals surface area contributed by atoms with E-state index in [0.29, 0.717) is 6.42 Å². The largest absolute Gasteiger partial charge is 0.370 e. The van der Waals surface area contributed by atoms with Crippen molar-refractivity contribution in [2.24, 2.45) is 0 Å². The summed E-state index contributed by atoms with van der Waals surface area (Å²) in [7, 11) is 2.05. The molecule has 0 spiro atoms. The summed E-state index contributed by atoms with van der Waals surface area (Å²) >= 11 is 0. The van der Waals surface area contributed by atoms with Gasteiger partial charge in [-0.25, -0.2) is 4.39 Å². The molecule has 0 aromatic heterocycles. The third-order valence-electron chi connectivity index (χ3n) is 3.49. The number of likely N-dealkylation sites (N-methyl/N-ethyl adjacent to an activating group) is 1. The highest BCUT2D eigenvalue weighted by Gasteiger charge is 2.22. The van der Waals surface area contributed by atoms with E-state index in [1.54, 1.807) is 12.1 Å². The topological polar surface area (TPSA) is 30.3 Å². The SMILES string of the molecule is CN1CCCN(c2cccc(F)c2)CC1CC#N. The van der Waals surface area contributed by atoms with Crippen LogP contribution in [-0.4, -0.2) is 37.6 Å². The molecule has 1 aliphatic rings. The number of halogens is 1. The fourth-order valence-corrected chi connectivity index (χ4v) is 2.41. The number of hydrogen-bond donors (Lipinski definition) is 0. The zero-order valence-corrected chi connectivity index (χ0v) is 10.6. The quantitative estimate of drug-likeness (QED) is 0.803. The molecule has 1 heterocycles. The van der Waals surface area contributed by atoms with Crippen molar-refractivity contribution < 1.29 is 4.39 Å². The van der Waals surface area contributed by atoms with Crippen molar-refractivity contribution in [3.8, 4) is 6.07 Å². The zero-order chi connectivity index (χ0) is 13.0. The molecule has 1 aliphatic heterocycles. The molecule has 18 heavy (non-hydrogen) atoms. The van der Waals surface area contributed by atoms with E-state index in [-0.39, 0.29) is 11.9 Å². The van der Waals surface area contributed by atoms with Gasteiger partial charge in [-0.2, -0.15) is 5.26 Å². The molecule has 1 saturated heterocycles. The lowest BCUT2D eigenvalue weighted by Crippen LogP contribution is -2.38. The van der Waals surface area contributed by atoms with E-state index in [4.69, 9.17) is 5.26 Å². The highest BCUT2D eigenvalue weighted by molar-refractivity contribution is 5.46. The normalized spacial score (nSPS) is 21.4. The first-order valence-electron chi connectivity index (χ1n) is 6.28. The van der Waals surface area contributed by atoms with Gasteiger partial charge in [0, 0.05) is 24.8 Å². The Morgan fingerprint density at radius 3 is 3.00 bits per heavy atom. The molecule has 1 aromatic rings. The van der Waals surface area contributed by atoms with E-state index in [0.717, 1.165) is 31.7 Å². The van der Waals surface area contributed by atoms with Gasteiger partial charge < -0.3 is 9.80 Å². The van der Waals surface area contributed by atoms with Crippen molar-refractivity contribution in [1.82, 2.24) is 4.90 Å². The fourth-order valence-electron chi connectivity index (χ4n) is 2.41. The van der Waals surface area contributed by atoms with Crippen molar-refractivity contribution in [2.45, 2.75) is 18.9 Å². The van der Waals surface area contributed by atoms with E-state index >= 15 is 0 Å². The molecule has 2 rings (SSSR count). The molecule has 3 nitrogen and oxygen atoms in total. The second-order valence-corrected chi connectivity index (χ2v) is 4.78. The van der Waals surface area contributed by atoms with Crippen molar-refractivity contribution in [3.63, 3.8) is 0 Å². The summed E-state index contributed by atoms with van der Waals surface area (Å²) in [6.07, 6.45) is 1.55. The number of hydrogen-bond acceptors (Lipinski definition) is 3. The Labute approximate surface area is 107 Å². The van der Waals surface area contributed by atoms with Gasteiger partial charge in [0.15, 0.2) is 0 Å². The van der Waals surface area contributed by atoms with Crippen LogP contribution in [0.25, 0.3) is 0 Å². The first-order valence-corrected chi connectivity index (χ1v) is 6.28.